The average Bonchev–Trinajstić information content (AvgIpc) is 2.76. The van der Waals surface area contributed by atoms with E-state index in [1.54, 1.807) is 6.07 Å². The molecule has 2 unspecified atom stereocenters. The summed E-state index contributed by atoms with van der Waals surface area (Å²) >= 11 is 0. The molecule has 2 aromatic rings. The van der Waals surface area contributed by atoms with Gasteiger partial charge in [0.05, 0.1) is 27.3 Å². The molecule has 1 fully saturated rings. The minimum absolute atomic E-state index is 0.0654. The van der Waals surface area contributed by atoms with Crippen LogP contribution >= 0.6 is 0 Å². The largest absolute Gasteiger partial charge is 0.271 e. The van der Waals surface area contributed by atoms with E-state index >= 15 is 0 Å². The summed E-state index contributed by atoms with van der Waals surface area (Å²) in [7, 11) is 0. The number of hydrogen-bond donors (Lipinski definition) is 0. The lowest BCUT2D eigenvalue weighted by Gasteiger charge is -2.34. The van der Waals surface area contributed by atoms with Crippen LogP contribution in [0.2, 0.25) is 0 Å². The highest BCUT2D eigenvalue weighted by Gasteiger charge is 2.61. The minimum atomic E-state index is -0.383. The number of hydrogen-bond acceptors (Lipinski definition) is 4. The van der Waals surface area contributed by atoms with E-state index < -0.39 is 0 Å². The highest BCUT2D eigenvalue weighted by molar-refractivity contribution is 5.78. The second-order valence-corrected chi connectivity index (χ2v) is 7.03. The summed E-state index contributed by atoms with van der Waals surface area (Å²) in [5.41, 5.74) is 3.84. The Morgan fingerprint density at radius 2 is 2.00 bits per heavy atom. The van der Waals surface area contributed by atoms with Crippen molar-refractivity contribution in [2.75, 3.05) is 0 Å². The lowest BCUT2D eigenvalue weighted by Crippen LogP contribution is -2.31. The second-order valence-electron chi connectivity index (χ2n) is 7.03. The van der Waals surface area contributed by atoms with Gasteiger partial charge in [-0.15, -0.1) is 0 Å². The number of rotatable bonds is 1. The van der Waals surface area contributed by atoms with Gasteiger partial charge in [0.2, 0.25) is 0 Å². The highest BCUT2D eigenvalue weighted by Crippen LogP contribution is 2.66. The van der Waals surface area contributed by atoms with Gasteiger partial charge in [0, 0.05) is 23.5 Å². The van der Waals surface area contributed by atoms with Crippen molar-refractivity contribution >= 4 is 16.7 Å². The van der Waals surface area contributed by atoms with E-state index in [9.17, 15) is 10.1 Å². The summed E-state index contributed by atoms with van der Waals surface area (Å²) in [4.78, 5) is 20.1. The molecule has 21 heavy (non-hydrogen) atoms. The van der Waals surface area contributed by atoms with E-state index in [2.05, 4.69) is 20.8 Å². The molecule has 1 aromatic carbocycles. The van der Waals surface area contributed by atoms with Gasteiger partial charge in [0.25, 0.3) is 5.69 Å². The molecule has 5 heteroatoms. The summed E-state index contributed by atoms with van der Waals surface area (Å²) in [5.74, 6) is 0.411. The van der Waals surface area contributed by atoms with Crippen LogP contribution in [0, 0.1) is 15.5 Å². The van der Waals surface area contributed by atoms with Crippen LogP contribution < -0.4 is 0 Å². The SMILES string of the molecule is CC12CCC(c3nc4cc([N+](=O)[O-])ccc4nc31)C2(C)C. The molecule has 1 heterocycles. The smallest absolute Gasteiger partial charge is 0.258 e. The maximum absolute atomic E-state index is 10.9. The summed E-state index contributed by atoms with van der Waals surface area (Å²) in [6.07, 6.45) is 2.27. The highest BCUT2D eigenvalue weighted by atomic mass is 16.6. The van der Waals surface area contributed by atoms with Crippen molar-refractivity contribution < 1.29 is 4.92 Å². The number of nitro benzene ring substituents is 1. The van der Waals surface area contributed by atoms with Gasteiger partial charge < -0.3 is 0 Å². The predicted octanol–water partition coefficient (Wildman–Crippen LogP) is 3.71. The zero-order chi connectivity index (χ0) is 15.0. The standard InChI is InChI=1S/C16H17N3O2/c1-15(2)10-6-7-16(15,3)14-13(10)17-12-8-9(19(20)21)4-5-11(12)18-14/h4-5,8,10H,6-7H2,1-3H3. The molecule has 2 aliphatic rings. The van der Waals surface area contributed by atoms with E-state index in [-0.39, 0.29) is 21.4 Å². The first-order valence-corrected chi connectivity index (χ1v) is 7.31. The number of fused-ring (bicyclic) bond motifs is 6. The van der Waals surface area contributed by atoms with E-state index in [1.165, 1.54) is 12.1 Å². The molecule has 1 saturated carbocycles. The van der Waals surface area contributed by atoms with Crippen molar-refractivity contribution in [1.82, 2.24) is 9.97 Å². The van der Waals surface area contributed by atoms with Crippen molar-refractivity contribution in [3.8, 4) is 0 Å². The van der Waals surface area contributed by atoms with Crippen molar-refractivity contribution in [1.29, 1.82) is 0 Å². The van der Waals surface area contributed by atoms with Gasteiger partial charge in [-0.05, 0) is 24.3 Å². The molecule has 0 spiro atoms. The Morgan fingerprint density at radius 3 is 2.71 bits per heavy atom. The van der Waals surface area contributed by atoms with Crippen molar-refractivity contribution in [2.24, 2.45) is 5.41 Å². The van der Waals surface area contributed by atoms with Gasteiger partial charge in [0.1, 0.15) is 0 Å². The Morgan fingerprint density at radius 1 is 1.24 bits per heavy atom. The fraction of sp³-hybridized carbons (Fsp3) is 0.500. The molecule has 5 nitrogen and oxygen atoms in total. The van der Waals surface area contributed by atoms with Gasteiger partial charge in [-0.1, -0.05) is 20.8 Å². The van der Waals surface area contributed by atoms with Crippen LogP contribution in [0.3, 0.4) is 0 Å². The van der Waals surface area contributed by atoms with Gasteiger partial charge >= 0.3 is 0 Å². The normalized spacial score (nSPS) is 28.8. The Hall–Kier alpha value is -2.04. The summed E-state index contributed by atoms with van der Waals surface area (Å²) in [5, 5.41) is 10.9. The van der Waals surface area contributed by atoms with Crippen LogP contribution in [0.15, 0.2) is 18.2 Å². The number of aromatic nitrogens is 2. The Labute approximate surface area is 122 Å². The molecule has 0 radical (unpaired) electrons. The van der Waals surface area contributed by atoms with Crippen molar-refractivity contribution in [3.05, 3.63) is 39.7 Å². The predicted molar refractivity (Wildman–Crippen MR) is 79.3 cm³/mol. The van der Waals surface area contributed by atoms with Crippen molar-refractivity contribution in [3.63, 3.8) is 0 Å². The number of nitrogens with zero attached hydrogens (tertiary/aromatic N) is 3. The lowest BCUT2D eigenvalue weighted by molar-refractivity contribution is -0.384. The van der Waals surface area contributed by atoms with Crippen LogP contribution in [-0.2, 0) is 5.41 Å². The summed E-state index contributed by atoms with van der Waals surface area (Å²) in [6, 6.07) is 4.75. The zero-order valence-corrected chi connectivity index (χ0v) is 12.4. The zero-order valence-electron chi connectivity index (χ0n) is 12.4. The van der Waals surface area contributed by atoms with E-state index in [1.807, 2.05) is 0 Å². The van der Waals surface area contributed by atoms with Crippen LogP contribution in [0.25, 0.3) is 11.0 Å². The molecule has 0 amide bonds. The first kappa shape index (κ1) is 12.7. The average molecular weight is 283 g/mol. The van der Waals surface area contributed by atoms with Gasteiger partial charge in [-0.3, -0.25) is 10.1 Å². The molecular weight excluding hydrogens is 266 g/mol. The van der Waals surface area contributed by atoms with E-state index in [4.69, 9.17) is 9.97 Å². The van der Waals surface area contributed by atoms with E-state index in [0.717, 1.165) is 29.7 Å². The molecule has 0 aliphatic heterocycles. The monoisotopic (exact) mass is 283 g/mol. The van der Waals surface area contributed by atoms with Gasteiger partial charge in [0.15, 0.2) is 0 Å². The summed E-state index contributed by atoms with van der Waals surface area (Å²) < 4.78 is 0. The van der Waals surface area contributed by atoms with Crippen LogP contribution in [0.5, 0.6) is 0 Å². The Balaban J connectivity index is 1.99. The quantitative estimate of drug-likeness (QED) is 0.591. The molecule has 4 rings (SSSR count). The molecule has 0 N–H and O–H groups in total. The molecule has 2 bridgehead atoms. The Bertz CT molecular complexity index is 799. The maximum atomic E-state index is 10.9. The van der Waals surface area contributed by atoms with Crippen LogP contribution in [0.4, 0.5) is 5.69 Å². The molecule has 2 atom stereocenters. The second kappa shape index (κ2) is 3.59. The fourth-order valence-corrected chi connectivity index (χ4v) is 4.22. The molecular formula is C16H17N3O2. The lowest BCUT2D eigenvalue weighted by atomic mass is 9.70. The van der Waals surface area contributed by atoms with Gasteiger partial charge in [-0.2, -0.15) is 0 Å². The third-order valence-corrected chi connectivity index (χ3v) is 5.96. The van der Waals surface area contributed by atoms with Crippen LogP contribution in [0.1, 0.15) is 50.9 Å². The fourth-order valence-electron chi connectivity index (χ4n) is 4.22. The maximum Gasteiger partial charge on any atom is 0.271 e. The molecule has 1 aromatic heterocycles. The van der Waals surface area contributed by atoms with E-state index in [0.29, 0.717) is 11.4 Å². The molecule has 108 valence electrons. The third-order valence-electron chi connectivity index (χ3n) is 5.96. The first-order chi connectivity index (χ1) is 9.84. The third kappa shape index (κ3) is 1.36. The molecule has 2 aliphatic carbocycles. The first-order valence-electron chi connectivity index (χ1n) is 7.31. The Kier molecular flexibility index (Phi) is 2.17. The minimum Gasteiger partial charge on any atom is -0.258 e. The number of nitro groups is 1. The van der Waals surface area contributed by atoms with Gasteiger partial charge in [-0.25, -0.2) is 9.97 Å². The van der Waals surface area contributed by atoms with Crippen molar-refractivity contribution in [2.45, 2.75) is 44.9 Å². The van der Waals surface area contributed by atoms with Crippen LogP contribution in [-0.4, -0.2) is 14.9 Å². The topological polar surface area (TPSA) is 68.9 Å². The molecule has 0 saturated heterocycles. The number of non-ortho nitro benzene ring substituents is 1. The summed E-state index contributed by atoms with van der Waals surface area (Å²) in [6.45, 7) is 6.87. The number of benzene rings is 1.